The molecule has 0 saturated carbocycles. The molecule has 8 heteroatoms. The lowest BCUT2D eigenvalue weighted by Crippen LogP contribution is -2.16. The van der Waals surface area contributed by atoms with Crippen molar-refractivity contribution >= 4 is 38.7 Å². The van der Waals surface area contributed by atoms with E-state index in [2.05, 4.69) is 4.98 Å². The zero-order valence-corrected chi connectivity index (χ0v) is 15.7. The van der Waals surface area contributed by atoms with Gasteiger partial charge in [0, 0.05) is 12.4 Å². The summed E-state index contributed by atoms with van der Waals surface area (Å²) < 4.78 is 29.1. The molecule has 0 saturated heterocycles. The van der Waals surface area contributed by atoms with Gasteiger partial charge in [-0.05, 0) is 36.4 Å². The Morgan fingerprint density at radius 3 is 2.33 bits per heavy atom. The van der Waals surface area contributed by atoms with E-state index in [4.69, 9.17) is 0 Å². The molecule has 0 fully saturated rings. The summed E-state index contributed by atoms with van der Waals surface area (Å²) in [6, 6.07) is 18.8. The molecular formula is C19H15N3O3S2. The van der Waals surface area contributed by atoms with Gasteiger partial charge in [0.05, 0.1) is 21.7 Å². The predicted molar refractivity (Wildman–Crippen MR) is 105 cm³/mol. The van der Waals surface area contributed by atoms with Crippen LogP contribution in [0.1, 0.15) is 4.79 Å². The molecule has 0 aliphatic heterocycles. The number of nitrogens with zero attached hydrogens (tertiary/aromatic N) is 3. The van der Waals surface area contributed by atoms with Gasteiger partial charge >= 0.3 is 0 Å². The van der Waals surface area contributed by atoms with Gasteiger partial charge in [-0.1, -0.05) is 42.1 Å². The highest BCUT2D eigenvalue weighted by Crippen LogP contribution is 2.29. The molecule has 0 amide bonds. The van der Waals surface area contributed by atoms with Gasteiger partial charge in [-0.3, -0.25) is 9.36 Å². The van der Waals surface area contributed by atoms with Gasteiger partial charge in [-0.15, -0.1) is 0 Å². The number of thioether (sulfide) groups is 1. The predicted octanol–water partition coefficient (Wildman–Crippen LogP) is 3.51. The molecule has 27 heavy (non-hydrogen) atoms. The largest absolute Gasteiger partial charge is 0.294 e. The van der Waals surface area contributed by atoms with Crippen molar-refractivity contribution in [2.45, 2.75) is 10.1 Å². The van der Waals surface area contributed by atoms with E-state index in [0.717, 1.165) is 11.8 Å². The van der Waals surface area contributed by atoms with Crippen LogP contribution in [0.15, 0.2) is 89.2 Å². The van der Waals surface area contributed by atoms with E-state index >= 15 is 0 Å². The van der Waals surface area contributed by atoms with Crippen LogP contribution in [0.4, 0.5) is 0 Å². The Kier molecular flexibility index (Phi) is 4.59. The van der Waals surface area contributed by atoms with Crippen LogP contribution in [0.3, 0.4) is 0 Å². The third-order valence-corrected chi connectivity index (χ3v) is 6.75. The summed E-state index contributed by atoms with van der Waals surface area (Å²) in [5.74, 6) is -0.0804. The molecule has 2 aromatic carbocycles. The van der Waals surface area contributed by atoms with Crippen LogP contribution in [-0.4, -0.2) is 33.6 Å². The van der Waals surface area contributed by atoms with E-state index in [0.29, 0.717) is 11.0 Å². The first-order chi connectivity index (χ1) is 13.1. The quantitative estimate of drug-likeness (QED) is 0.482. The highest BCUT2D eigenvalue weighted by Gasteiger charge is 2.24. The highest BCUT2D eigenvalue weighted by atomic mass is 32.2. The van der Waals surface area contributed by atoms with E-state index in [-0.39, 0.29) is 21.7 Å². The molecule has 0 aliphatic rings. The maximum absolute atomic E-state index is 13.2. The monoisotopic (exact) mass is 397 g/mol. The normalized spacial score (nSPS) is 11.7. The number of carbonyl (C=O) groups excluding carboxylic acids is 1. The maximum Gasteiger partial charge on any atom is 0.270 e. The Morgan fingerprint density at radius 1 is 0.926 bits per heavy atom. The minimum atomic E-state index is -3.84. The lowest BCUT2D eigenvalue weighted by molar-refractivity contribution is 0.0942. The number of rotatable bonds is 5. The summed E-state index contributed by atoms with van der Waals surface area (Å²) in [7, 11) is -3.84. The summed E-state index contributed by atoms with van der Waals surface area (Å²) in [6.07, 6.45) is 3.32. The van der Waals surface area contributed by atoms with E-state index in [1.807, 2.05) is 0 Å². The molecule has 0 atom stereocenters. The molecule has 6 nitrogen and oxygen atoms in total. The number of aromatic nitrogens is 3. The first-order valence-corrected chi connectivity index (χ1v) is 10.6. The SMILES string of the molecule is O=C(CSc1nc2ccccc2n1S(=O)(=O)c1ccccc1)n1cccc1. The molecule has 0 bridgehead atoms. The molecular weight excluding hydrogens is 382 g/mol. The van der Waals surface area contributed by atoms with E-state index in [1.165, 1.54) is 8.54 Å². The van der Waals surface area contributed by atoms with Gasteiger partial charge in [-0.25, -0.2) is 17.4 Å². The summed E-state index contributed by atoms with van der Waals surface area (Å²) in [5, 5.41) is 0.264. The van der Waals surface area contributed by atoms with Crippen molar-refractivity contribution in [3.63, 3.8) is 0 Å². The highest BCUT2D eigenvalue weighted by molar-refractivity contribution is 8.00. The molecule has 2 aromatic heterocycles. The first kappa shape index (κ1) is 17.6. The van der Waals surface area contributed by atoms with Crippen LogP contribution in [0.5, 0.6) is 0 Å². The zero-order chi connectivity index (χ0) is 18.9. The Balaban J connectivity index is 1.77. The third-order valence-electron chi connectivity index (χ3n) is 3.99. The minimum Gasteiger partial charge on any atom is -0.294 e. The minimum absolute atomic E-state index is 0.0717. The van der Waals surface area contributed by atoms with Gasteiger partial charge in [0.15, 0.2) is 5.16 Å². The van der Waals surface area contributed by atoms with Crippen molar-refractivity contribution < 1.29 is 13.2 Å². The van der Waals surface area contributed by atoms with Crippen LogP contribution in [0, 0.1) is 0 Å². The number of hydrogen-bond donors (Lipinski definition) is 0. The van der Waals surface area contributed by atoms with Crippen molar-refractivity contribution in [2.24, 2.45) is 0 Å². The van der Waals surface area contributed by atoms with Crippen molar-refractivity contribution in [1.29, 1.82) is 0 Å². The van der Waals surface area contributed by atoms with Gasteiger partial charge in [0.1, 0.15) is 0 Å². The number of benzene rings is 2. The standard InChI is InChI=1S/C19H15N3O3S2/c23-18(21-12-6-7-13-21)14-26-19-20-16-10-4-5-11-17(16)22(19)27(24,25)15-8-2-1-3-9-15/h1-13H,14H2. The summed E-state index contributed by atoms with van der Waals surface area (Å²) in [4.78, 5) is 16.9. The second-order valence-electron chi connectivity index (χ2n) is 5.74. The molecule has 0 spiro atoms. The molecule has 4 rings (SSSR count). The number of carbonyl (C=O) groups is 1. The fourth-order valence-electron chi connectivity index (χ4n) is 2.70. The van der Waals surface area contributed by atoms with Gasteiger partial charge < -0.3 is 0 Å². The molecule has 2 heterocycles. The van der Waals surface area contributed by atoms with E-state index in [9.17, 15) is 13.2 Å². The van der Waals surface area contributed by atoms with Crippen LogP contribution in [0.25, 0.3) is 11.0 Å². The molecule has 136 valence electrons. The summed E-state index contributed by atoms with van der Waals surface area (Å²) in [5.41, 5.74) is 1.05. The molecule has 0 aliphatic carbocycles. The zero-order valence-electron chi connectivity index (χ0n) is 14.1. The number of para-hydroxylation sites is 2. The lowest BCUT2D eigenvalue weighted by Gasteiger charge is -2.10. The van der Waals surface area contributed by atoms with Gasteiger partial charge in [-0.2, -0.15) is 0 Å². The van der Waals surface area contributed by atoms with Crippen LogP contribution in [0.2, 0.25) is 0 Å². The van der Waals surface area contributed by atoms with Gasteiger partial charge in [0.25, 0.3) is 10.0 Å². The van der Waals surface area contributed by atoms with Crippen LogP contribution >= 0.6 is 11.8 Å². The fourth-order valence-corrected chi connectivity index (χ4v) is 5.31. The average Bonchev–Trinajstić information content (AvgIpc) is 3.34. The number of imidazole rings is 1. The lowest BCUT2D eigenvalue weighted by atomic mass is 10.3. The molecule has 0 N–H and O–H groups in total. The van der Waals surface area contributed by atoms with Crippen molar-refractivity contribution in [3.05, 3.63) is 79.1 Å². The van der Waals surface area contributed by atoms with Crippen LogP contribution in [-0.2, 0) is 10.0 Å². The van der Waals surface area contributed by atoms with Crippen LogP contribution < -0.4 is 0 Å². The topological polar surface area (TPSA) is 74.0 Å². The van der Waals surface area contributed by atoms with Crippen molar-refractivity contribution in [1.82, 2.24) is 13.5 Å². The molecule has 0 radical (unpaired) electrons. The summed E-state index contributed by atoms with van der Waals surface area (Å²) in [6.45, 7) is 0. The second kappa shape index (κ2) is 7.05. The van der Waals surface area contributed by atoms with Gasteiger partial charge in [0.2, 0.25) is 5.91 Å². The Morgan fingerprint density at radius 2 is 1.59 bits per heavy atom. The number of hydrogen-bond acceptors (Lipinski definition) is 5. The Labute approximate surface area is 160 Å². The first-order valence-electron chi connectivity index (χ1n) is 8.14. The average molecular weight is 397 g/mol. The van der Waals surface area contributed by atoms with E-state index < -0.39 is 10.0 Å². The van der Waals surface area contributed by atoms with E-state index in [1.54, 1.807) is 79.1 Å². The Bertz CT molecular complexity index is 1200. The maximum atomic E-state index is 13.2. The fraction of sp³-hybridized carbons (Fsp3) is 0.0526. The second-order valence-corrected chi connectivity index (χ2v) is 8.47. The molecule has 4 aromatic rings. The Hall–Kier alpha value is -2.84. The van der Waals surface area contributed by atoms with Crippen molar-refractivity contribution in [2.75, 3.05) is 5.75 Å². The van der Waals surface area contributed by atoms with Crippen molar-refractivity contribution in [3.8, 4) is 0 Å². The smallest absolute Gasteiger partial charge is 0.270 e. The summed E-state index contributed by atoms with van der Waals surface area (Å²) >= 11 is 1.10. The third kappa shape index (κ3) is 3.29. The molecule has 0 unspecified atom stereocenters. The number of fused-ring (bicyclic) bond motifs is 1.